The second kappa shape index (κ2) is 9.31. The highest BCUT2D eigenvalue weighted by Gasteiger charge is 2.29. The summed E-state index contributed by atoms with van der Waals surface area (Å²) in [4.78, 5) is 29.4. The molecule has 2 aliphatic heterocycles. The summed E-state index contributed by atoms with van der Waals surface area (Å²) in [6.07, 6.45) is 4.17. The summed E-state index contributed by atoms with van der Waals surface area (Å²) in [5, 5.41) is 3.08. The lowest BCUT2D eigenvalue weighted by molar-refractivity contribution is -0.126. The third-order valence-corrected chi connectivity index (χ3v) is 5.56. The molecular formula is C21H30FN3O2. The van der Waals surface area contributed by atoms with Gasteiger partial charge in [0, 0.05) is 31.7 Å². The van der Waals surface area contributed by atoms with Crippen molar-refractivity contribution in [2.24, 2.45) is 11.8 Å². The average molecular weight is 375 g/mol. The SMILES string of the molecule is CC(CNC(=O)C1CCCN(C(=O)c2ccc(F)cc2)C1)CN1CCCC1. The molecule has 0 aliphatic carbocycles. The molecule has 2 amide bonds. The largest absolute Gasteiger partial charge is 0.355 e. The molecule has 2 fully saturated rings. The van der Waals surface area contributed by atoms with Crippen LogP contribution in [-0.4, -0.2) is 60.9 Å². The Morgan fingerprint density at radius 2 is 1.85 bits per heavy atom. The highest BCUT2D eigenvalue weighted by molar-refractivity contribution is 5.94. The predicted molar refractivity (Wildman–Crippen MR) is 103 cm³/mol. The third kappa shape index (κ3) is 5.51. The van der Waals surface area contributed by atoms with Gasteiger partial charge in [-0.3, -0.25) is 9.59 Å². The number of hydrogen-bond donors (Lipinski definition) is 1. The first-order chi connectivity index (χ1) is 13.0. The summed E-state index contributed by atoms with van der Waals surface area (Å²) in [6, 6.07) is 5.59. The molecule has 148 valence electrons. The first kappa shape index (κ1) is 19.8. The van der Waals surface area contributed by atoms with Crippen molar-refractivity contribution >= 4 is 11.8 Å². The molecule has 1 aromatic carbocycles. The summed E-state index contributed by atoms with van der Waals surface area (Å²) >= 11 is 0. The summed E-state index contributed by atoms with van der Waals surface area (Å²) < 4.78 is 13.1. The molecule has 2 aliphatic rings. The number of hydrogen-bond acceptors (Lipinski definition) is 3. The number of nitrogens with one attached hydrogen (secondary N) is 1. The third-order valence-electron chi connectivity index (χ3n) is 5.56. The number of halogens is 1. The van der Waals surface area contributed by atoms with E-state index >= 15 is 0 Å². The fourth-order valence-electron chi connectivity index (χ4n) is 4.04. The molecule has 2 atom stereocenters. The van der Waals surface area contributed by atoms with Gasteiger partial charge >= 0.3 is 0 Å². The van der Waals surface area contributed by atoms with Crippen molar-refractivity contribution in [1.82, 2.24) is 15.1 Å². The molecule has 0 spiro atoms. The van der Waals surface area contributed by atoms with Gasteiger partial charge < -0.3 is 15.1 Å². The molecule has 0 radical (unpaired) electrons. The van der Waals surface area contributed by atoms with E-state index in [-0.39, 0.29) is 23.5 Å². The number of piperidine rings is 1. The van der Waals surface area contributed by atoms with E-state index < -0.39 is 0 Å². The summed E-state index contributed by atoms with van der Waals surface area (Å²) in [5.74, 6) is -0.185. The molecule has 1 aromatic rings. The Morgan fingerprint density at radius 3 is 2.56 bits per heavy atom. The molecule has 1 N–H and O–H groups in total. The normalized spacial score (nSPS) is 21.9. The van der Waals surface area contributed by atoms with Gasteiger partial charge in [-0.15, -0.1) is 0 Å². The number of likely N-dealkylation sites (tertiary alicyclic amines) is 2. The number of rotatable bonds is 6. The Bertz CT molecular complexity index is 643. The standard InChI is InChI=1S/C21H30FN3O2/c1-16(14-24-10-2-3-11-24)13-23-20(26)18-5-4-12-25(15-18)21(27)17-6-8-19(22)9-7-17/h6-9,16,18H,2-5,10-15H2,1H3,(H,23,26). The van der Waals surface area contributed by atoms with E-state index in [0.717, 1.165) is 19.4 Å². The minimum absolute atomic E-state index is 0.0416. The van der Waals surface area contributed by atoms with E-state index in [1.165, 1.54) is 50.2 Å². The average Bonchev–Trinajstić information content (AvgIpc) is 3.19. The lowest BCUT2D eigenvalue weighted by Crippen LogP contribution is -2.46. The van der Waals surface area contributed by atoms with Crippen LogP contribution in [0.2, 0.25) is 0 Å². The van der Waals surface area contributed by atoms with Crippen LogP contribution in [0.25, 0.3) is 0 Å². The van der Waals surface area contributed by atoms with Crippen molar-refractivity contribution in [3.8, 4) is 0 Å². The van der Waals surface area contributed by atoms with E-state index in [9.17, 15) is 14.0 Å². The van der Waals surface area contributed by atoms with Crippen LogP contribution in [0, 0.1) is 17.7 Å². The van der Waals surface area contributed by atoms with Crippen LogP contribution in [-0.2, 0) is 4.79 Å². The van der Waals surface area contributed by atoms with Gasteiger partial charge in [-0.05, 0) is 69.0 Å². The van der Waals surface area contributed by atoms with Crippen LogP contribution in [0.5, 0.6) is 0 Å². The molecule has 2 unspecified atom stereocenters. The molecule has 3 rings (SSSR count). The first-order valence-corrected chi connectivity index (χ1v) is 10.1. The van der Waals surface area contributed by atoms with Crippen LogP contribution in [0.15, 0.2) is 24.3 Å². The highest BCUT2D eigenvalue weighted by atomic mass is 19.1. The van der Waals surface area contributed by atoms with E-state index in [1.807, 2.05) is 0 Å². The molecule has 2 heterocycles. The van der Waals surface area contributed by atoms with Crippen molar-refractivity contribution < 1.29 is 14.0 Å². The first-order valence-electron chi connectivity index (χ1n) is 10.1. The van der Waals surface area contributed by atoms with Crippen molar-refractivity contribution in [3.63, 3.8) is 0 Å². The zero-order valence-corrected chi connectivity index (χ0v) is 16.1. The maximum absolute atomic E-state index is 13.1. The van der Waals surface area contributed by atoms with E-state index in [0.29, 0.717) is 31.1 Å². The zero-order valence-electron chi connectivity index (χ0n) is 16.1. The zero-order chi connectivity index (χ0) is 19.2. The fraction of sp³-hybridized carbons (Fsp3) is 0.619. The Kier molecular flexibility index (Phi) is 6.83. The van der Waals surface area contributed by atoms with Gasteiger partial charge in [0.25, 0.3) is 5.91 Å². The lowest BCUT2D eigenvalue weighted by atomic mass is 9.96. The lowest BCUT2D eigenvalue weighted by Gasteiger charge is -2.32. The molecule has 0 bridgehead atoms. The summed E-state index contributed by atoms with van der Waals surface area (Å²) in [6.45, 7) is 7.29. The number of nitrogens with zero attached hydrogens (tertiary/aromatic N) is 2. The van der Waals surface area contributed by atoms with Crippen LogP contribution >= 0.6 is 0 Å². The van der Waals surface area contributed by atoms with Crippen LogP contribution in [0.3, 0.4) is 0 Å². The van der Waals surface area contributed by atoms with Crippen molar-refractivity contribution in [3.05, 3.63) is 35.6 Å². The summed E-state index contributed by atoms with van der Waals surface area (Å²) in [7, 11) is 0. The summed E-state index contributed by atoms with van der Waals surface area (Å²) in [5.41, 5.74) is 0.469. The second-order valence-corrected chi connectivity index (χ2v) is 7.96. The second-order valence-electron chi connectivity index (χ2n) is 7.96. The monoisotopic (exact) mass is 375 g/mol. The highest BCUT2D eigenvalue weighted by Crippen LogP contribution is 2.19. The Balaban J connectivity index is 1.47. The van der Waals surface area contributed by atoms with Gasteiger partial charge in [0.2, 0.25) is 5.91 Å². The van der Waals surface area contributed by atoms with Gasteiger partial charge in [0.15, 0.2) is 0 Å². The Labute approximate surface area is 160 Å². The van der Waals surface area contributed by atoms with Crippen molar-refractivity contribution in [2.45, 2.75) is 32.6 Å². The maximum atomic E-state index is 13.1. The minimum Gasteiger partial charge on any atom is -0.355 e. The van der Waals surface area contributed by atoms with E-state index in [2.05, 4.69) is 17.1 Å². The number of carbonyl (C=O) groups is 2. The number of carbonyl (C=O) groups excluding carboxylic acids is 2. The van der Waals surface area contributed by atoms with E-state index in [1.54, 1.807) is 4.90 Å². The molecule has 0 aromatic heterocycles. The molecule has 27 heavy (non-hydrogen) atoms. The Morgan fingerprint density at radius 1 is 1.15 bits per heavy atom. The van der Waals surface area contributed by atoms with Gasteiger partial charge in [-0.25, -0.2) is 4.39 Å². The molecule has 2 saturated heterocycles. The van der Waals surface area contributed by atoms with Gasteiger partial charge in [0.05, 0.1) is 5.92 Å². The van der Waals surface area contributed by atoms with Gasteiger partial charge in [0.1, 0.15) is 5.82 Å². The van der Waals surface area contributed by atoms with Crippen molar-refractivity contribution in [2.75, 3.05) is 39.3 Å². The van der Waals surface area contributed by atoms with Crippen LogP contribution < -0.4 is 5.32 Å². The van der Waals surface area contributed by atoms with Crippen LogP contribution in [0.4, 0.5) is 4.39 Å². The molecule has 5 nitrogen and oxygen atoms in total. The smallest absolute Gasteiger partial charge is 0.253 e. The number of benzene rings is 1. The molecule has 0 saturated carbocycles. The van der Waals surface area contributed by atoms with E-state index in [4.69, 9.17) is 0 Å². The van der Waals surface area contributed by atoms with Gasteiger partial charge in [-0.1, -0.05) is 6.92 Å². The quantitative estimate of drug-likeness (QED) is 0.831. The maximum Gasteiger partial charge on any atom is 0.253 e. The fourth-order valence-corrected chi connectivity index (χ4v) is 4.04. The number of amides is 2. The molecule has 6 heteroatoms. The Hall–Kier alpha value is -1.95. The predicted octanol–water partition coefficient (Wildman–Crippen LogP) is 2.53. The van der Waals surface area contributed by atoms with Crippen LogP contribution in [0.1, 0.15) is 43.0 Å². The topological polar surface area (TPSA) is 52.7 Å². The minimum atomic E-state index is -0.356. The molecular weight excluding hydrogens is 345 g/mol. The van der Waals surface area contributed by atoms with Crippen molar-refractivity contribution in [1.29, 1.82) is 0 Å². The van der Waals surface area contributed by atoms with Gasteiger partial charge in [-0.2, -0.15) is 0 Å².